The van der Waals surface area contributed by atoms with Crippen LogP contribution in [0.15, 0.2) is 48.7 Å². The maximum Gasteiger partial charge on any atom is 0.101 e. The Balaban J connectivity index is 2.41. The molecule has 2 nitrogen and oxygen atoms in total. The number of rotatable bonds is 2. The average Bonchev–Trinajstić information content (AvgIpc) is 2.37. The van der Waals surface area contributed by atoms with E-state index in [1.165, 1.54) is 0 Å². The van der Waals surface area contributed by atoms with Gasteiger partial charge in [0.05, 0.1) is 11.3 Å². The molecule has 1 heterocycles. The minimum Gasteiger partial charge on any atom is -0.256 e. The average molecular weight is 241 g/mol. The number of halogens is 1. The molecule has 0 fully saturated rings. The van der Waals surface area contributed by atoms with Crippen LogP contribution in [0.3, 0.4) is 0 Å². The van der Waals surface area contributed by atoms with E-state index in [-0.39, 0.29) is 0 Å². The van der Waals surface area contributed by atoms with Gasteiger partial charge in [0.2, 0.25) is 0 Å². The van der Waals surface area contributed by atoms with E-state index >= 15 is 0 Å². The number of hydrogen-bond acceptors (Lipinski definition) is 2. The van der Waals surface area contributed by atoms with Gasteiger partial charge in [-0.3, -0.25) is 4.98 Å². The largest absolute Gasteiger partial charge is 0.256 e. The van der Waals surface area contributed by atoms with Crippen molar-refractivity contribution in [1.29, 1.82) is 5.26 Å². The first-order chi connectivity index (χ1) is 8.29. The Morgan fingerprint density at radius 1 is 1.24 bits per heavy atom. The summed E-state index contributed by atoms with van der Waals surface area (Å²) >= 11 is 5.89. The van der Waals surface area contributed by atoms with Gasteiger partial charge < -0.3 is 0 Å². The normalized spacial score (nSPS) is 10.9. The molecule has 1 aromatic carbocycles. The van der Waals surface area contributed by atoms with Gasteiger partial charge in [-0.15, -0.1) is 0 Å². The predicted octanol–water partition coefficient (Wildman–Crippen LogP) is 3.80. The molecule has 0 amide bonds. The zero-order valence-electron chi connectivity index (χ0n) is 8.97. The van der Waals surface area contributed by atoms with Crippen LogP contribution in [0.25, 0.3) is 11.6 Å². The minimum absolute atomic E-state index is 0.521. The third-order valence-electron chi connectivity index (χ3n) is 2.22. The monoisotopic (exact) mass is 240 g/mol. The van der Waals surface area contributed by atoms with Crippen molar-refractivity contribution in [3.63, 3.8) is 0 Å². The number of aromatic nitrogens is 1. The second-order valence-corrected chi connectivity index (χ2v) is 3.88. The van der Waals surface area contributed by atoms with Crippen molar-refractivity contribution in [2.45, 2.75) is 0 Å². The maximum atomic E-state index is 9.12. The zero-order valence-corrected chi connectivity index (χ0v) is 9.72. The van der Waals surface area contributed by atoms with E-state index < -0.39 is 0 Å². The number of benzene rings is 1. The molecular formula is C14H9ClN2. The van der Waals surface area contributed by atoms with Crippen LogP contribution in [-0.4, -0.2) is 4.98 Å². The van der Waals surface area contributed by atoms with E-state index in [0.29, 0.717) is 16.3 Å². The van der Waals surface area contributed by atoms with Crippen LogP contribution in [0.4, 0.5) is 0 Å². The van der Waals surface area contributed by atoms with E-state index in [9.17, 15) is 0 Å². The third-order valence-corrected chi connectivity index (χ3v) is 2.46. The van der Waals surface area contributed by atoms with E-state index in [2.05, 4.69) is 11.1 Å². The van der Waals surface area contributed by atoms with Crippen molar-refractivity contribution in [2.75, 3.05) is 0 Å². The molecular weight excluding hydrogens is 232 g/mol. The summed E-state index contributed by atoms with van der Waals surface area (Å²) in [5.41, 5.74) is 2.07. The summed E-state index contributed by atoms with van der Waals surface area (Å²) in [7, 11) is 0. The fourth-order valence-electron chi connectivity index (χ4n) is 1.45. The van der Waals surface area contributed by atoms with Crippen LogP contribution in [0, 0.1) is 11.3 Å². The smallest absolute Gasteiger partial charge is 0.101 e. The molecule has 0 saturated heterocycles. The topological polar surface area (TPSA) is 36.7 Å². The van der Waals surface area contributed by atoms with E-state index in [1.807, 2.05) is 30.3 Å². The van der Waals surface area contributed by atoms with E-state index in [4.69, 9.17) is 16.9 Å². The maximum absolute atomic E-state index is 9.12. The van der Waals surface area contributed by atoms with Gasteiger partial charge in [-0.2, -0.15) is 5.26 Å². The molecule has 3 heteroatoms. The number of pyridine rings is 1. The van der Waals surface area contributed by atoms with Crippen LogP contribution < -0.4 is 0 Å². The second kappa shape index (κ2) is 5.29. The quantitative estimate of drug-likeness (QED) is 0.749. The molecule has 17 heavy (non-hydrogen) atoms. The first-order valence-corrected chi connectivity index (χ1v) is 5.46. The Bertz CT molecular complexity index is 583. The summed E-state index contributed by atoms with van der Waals surface area (Å²) in [6, 6.07) is 15.0. The fraction of sp³-hybridized carbons (Fsp3) is 0. The van der Waals surface area contributed by atoms with Crippen molar-refractivity contribution in [1.82, 2.24) is 4.98 Å². The molecule has 0 atom stereocenters. The van der Waals surface area contributed by atoms with E-state index in [0.717, 1.165) is 5.56 Å². The summed E-state index contributed by atoms with van der Waals surface area (Å²) in [5.74, 6) is 0. The molecule has 0 aliphatic heterocycles. The molecule has 0 aliphatic rings. The second-order valence-electron chi connectivity index (χ2n) is 3.44. The standard InChI is InChI=1S/C14H9ClN2/c15-13-5-3-4-11(9-13)8-12(10-16)14-6-1-2-7-17-14/h1-9H. The van der Waals surface area contributed by atoms with Gasteiger partial charge in [-0.25, -0.2) is 0 Å². The highest BCUT2D eigenvalue weighted by Crippen LogP contribution is 2.17. The summed E-state index contributed by atoms with van der Waals surface area (Å²) in [6.07, 6.45) is 3.44. The van der Waals surface area contributed by atoms with Gasteiger partial charge in [0.15, 0.2) is 0 Å². The minimum atomic E-state index is 0.521. The van der Waals surface area contributed by atoms with Crippen molar-refractivity contribution in [3.05, 3.63) is 64.9 Å². The highest BCUT2D eigenvalue weighted by atomic mass is 35.5. The highest BCUT2D eigenvalue weighted by molar-refractivity contribution is 6.30. The molecule has 0 bridgehead atoms. The fourth-order valence-corrected chi connectivity index (χ4v) is 1.65. The summed E-state index contributed by atoms with van der Waals surface area (Å²) in [5, 5.41) is 9.77. The lowest BCUT2D eigenvalue weighted by Crippen LogP contribution is -1.85. The molecule has 0 aliphatic carbocycles. The molecule has 0 saturated carbocycles. The summed E-state index contributed by atoms with van der Waals surface area (Å²) in [4.78, 5) is 4.14. The third kappa shape index (κ3) is 2.93. The van der Waals surface area contributed by atoms with E-state index in [1.54, 1.807) is 24.4 Å². The van der Waals surface area contributed by atoms with Crippen molar-refractivity contribution in [3.8, 4) is 6.07 Å². The van der Waals surface area contributed by atoms with Crippen LogP contribution in [0.1, 0.15) is 11.3 Å². The summed E-state index contributed by atoms with van der Waals surface area (Å²) < 4.78 is 0. The first-order valence-electron chi connectivity index (χ1n) is 5.08. The molecule has 1 aromatic heterocycles. The van der Waals surface area contributed by atoms with Gasteiger partial charge in [0, 0.05) is 11.2 Å². The molecule has 82 valence electrons. The van der Waals surface area contributed by atoms with Crippen LogP contribution >= 0.6 is 11.6 Å². The molecule has 2 rings (SSSR count). The number of allylic oxidation sites excluding steroid dienone is 1. The Morgan fingerprint density at radius 2 is 2.12 bits per heavy atom. The number of nitriles is 1. The van der Waals surface area contributed by atoms with Gasteiger partial charge in [0.1, 0.15) is 6.07 Å². The lowest BCUT2D eigenvalue weighted by atomic mass is 10.1. The highest BCUT2D eigenvalue weighted by Gasteiger charge is 2.01. The molecule has 0 radical (unpaired) electrons. The Hall–Kier alpha value is -2.11. The van der Waals surface area contributed by atoms with Gasteiger partial charge in [0.25, 0.3) is 0 Å². The first kappa shape index (κ1) is 11.4. The summed E-state index contributed by atoms with van der Waals surface area (Å²) in [6.45, 7) is 0. The van der Waals surface area contributed by atoms with Crippen molar-refractivity contribution < 1.29 is 0 Å². The van der Waals surface area contributed by atoms with Crippen molar-refractivity contribution in [2.24, 2.45) is 0 Å². The Labute approximate surface area is 105 Å². The lowest BCUT2D eigenvalue weighted by molar-refractivity contribution is 1.28. The zero-order chi connectivity index (χ0) is 12.1. The van der Waals surface area contributed by atoms with Gasteiger partial charge >= 0.3 is 0 Å². The SMILES string of the molecule is N#CC(=Cc1cccc(Cl)c1)c1ccccn1. The molecule has 0 spiro atoms. The Kier molecular flexibility index (Phi) is 3.54. The number of hydrogen-bond donors (Lipinski definition) is 0. The number of nitrogens with zero attached hydrogens (tertiary/aromatic N) is 2. The van der Waals surface area contributed by atoms with Crippen molar-refractivity contribution >= 4 is 23.3 Å². The molecule has 0 N–H and O–H groups in total. The van der Waals surface area contributed by atoms with Crippen LogP contribution in [0.2, 0.25) is 5.02 Å². The molecule has 2 aromatic rings. The van der Waals surface area contributed by atoms with Gasteiger partial charge in [-0.1, -0.05) is 29.8 Å². The molecule has 0 unspecified atom stereocenters. The lowest BCUT2D eigenvalue weighted by Gasteiger charge is -1.98. The van der Waals surface area contributed by atoms with Crippen LogP contribution in [-0.2, 0) is 0 Å². The Morgan fingerprint density at radius 3 is 2.76 bits per heavy atom. The predicted molar refractivity (Wildman–Crippen MR) is 69.2 cm³/mol. The van der Waals surface area contributed by atoms with Crippen LogP contribution in [0.5, 0.6) is 0 Å². The van der Waals surface area contributed by atoms with Gasteiger partial charge in [-0.05, 0) is 35.9 Å².